The Morgan fingerprint density at radius 1 is 0.842 bits per heavy atom. The van der Waals surface area contributed by atoms with Crippen molar-refractivity contribution in [3.63, 3.8) is 0 Å². The molecule has 0 aliphatic rings. The van der Waals surface area contributed by atoms with Gasteiger partial charge in [-0.2, -0.15) is 13.2 Å². The summed E-state index contributed by atoms with van der Waals surface area (Å²) in [5, 5.41) is 1.86. The van der Waals surface area contributed by atoms with Gasteiger partial charge in [-0.3, -0.25) is 0 Å². The quantitative estimate of drug-likeness (QED) is 0.672. The second-order valence-electron chi connectivity index (χ2n) is 3.85. The van der Waals surface area contributed by atoms with Crippen molar-refractivity contribution in [1.82, 2.24) is 0 Å². The Morgan fingerprint density at radius 3 is 2.05 bits per heavy atom. The maximum Gasteiger partial charge on any atom is 0.416 e. The molecule has 0 nitrogen and oxygen atoms in total. The second kappa shape index (κ2) is 5.97. The van der Waals surface area contributed by atoms with Gasteiger partial charge in [-0.15, -0.1) is 0 Å². The molecule has 0 saturated carbocycles. The van der Waals surface area contributed by atoms with E-state index in [-0.39, 0.29) is 0 Å². The molecule has 0 N–H and O–H groups in total. The zero-order chi connectivity index (χ0) is 13.7. The monoisotopic (exact) mass is 280 g/mol. The lowest BCUT2D eigenvalue weighted by molar-refractivity contribution is -0.137. The van der Waals surface area contributed by atoms with Crippen LogP contribution in [0.5, 0.6) is 0 Å². The Kier molecular flexibility index (Phi) is 4.32. The number of rotatable bonds is 3. The van der Waals surface area contributed by atoms with Gasteiger partial charge in [0, 0.05) is 4.90 Å². The summed E-state index contributed by atoms with van der Waals surface area (Å²) in [4.78, 5) is 0.778. The van der Waals surface area contributed by atoms with Crippen LogP contribution in [0.3, 0.4) is 0 Å². The highest BCUT2D eigenvalue weighted by Crippen LogP contribution is 2.31. The zero-order valence-corrected chi connectivity index (χ0v) is 10.7. The van der Waals surface area contributed by atoms with Gasteiger partial charge in [-0.25, -0.2) is 0 Å². The highest BCUT2D eigenvalue weighted by Gasteiger charge is 2.29. The first-order valence-electron chi connectivity index (χ1n) is 5.61. The molecule has 19 heavy (non-hydrogen) atoms. The van der Waals surface area contributed by atoms with Crippen molar-refractivity contribution < 1.29 is 13.2 Å². The van der Waals surface area contributed by atoms with Crippen LogP contribution in [0.25, 0.3) is 6.08 Å². The predicted octanol–water partition coefficient (Wildman–Crippen LogP) is 5.47. The summed E-state index contributed by atoms with van der Waals surface area (Å²) in [7, 11) is 0. The maximum absolute atomic E-state index is 12.4. The maximum atomic E-state index is 12.4. The van der Waals surface area contributed by atoms with Crippen LogP contribution in [0.15, 0.2) is 64.9 Å². The van der Waals surface area contributed by atoms with Crippen molar-refractivity contribution >= 4 is 17.8 Å². The van der Waals surface area contributed by atoms with Crippen molar-refractivity contribution in [2.24, 2.45) is 0 Å². The predicted molar refractivity (Wildman–Crippen MR) is 72.8 cm³/mol. The molecule has 2 aromatic carbocycles. The molecule has 0 bridgehead atoms. The van der Waals surface area contributed by atoms with Gasteiger partial charge in [0.25, 0.3) is 0 Å². The van der Waals surface area contributed by atoms with E-state index in [0.29, 0.717) is 0 Å². The molecule has 0 aromatic heterocycles. The van der Waals surface area contributed by atoms with E-state index in [9.17, 15) is 13.2 Å². The molecule has 0 fully saturated rings. The molecule has 0 aliphatic heterocycles. The molecule has 0 saturated heterocycles. The minimum atomic E-state index is -4.27. The van der Waals surface area contributed by atoms with E-state index < -0.39 is 11.7 Å². The van der Waals surface area contributed by atoms with Gasteiger partial charge in [0.1, 0.15) is 0 Å². The van der Waals surface area contributed by atoms with E-state index in [4.69, 9.17) is 0 Å². The van der Waals surface area contributed by atoms with Crippen LogP contribution in [-0.4, -0.2) is 0 Å². The Bertz CT molecular complexity index is 542. The van der Waals surface area contributed by atoms with Gasteiger partial charge >= 0.3 is 6.18 Å². The van der Waals surface area contributed by atoms with E-state index in [1.807, 2.05) is 41.8 Å². The van der Waals surface area contributed by atoms with Crippen LogP contribution < -0.4 is 0 Å². The Balaban J connectivity index is 1.99. The van der Waals surface area contributed by atoms with E-state index >= 15 is 0 Å². The molecular formula is C15H11F3S. The molecule has 98 valence electrons. The average Bonchev–Trinajstić information content (AvgIpc) is 2.39. The first-order valence-corrected chi connectivity index (χ1v) is 6.49. The molecule has 0 heterocycles. The van der Waals surface area contributed by atoms with Crippen LogP contribution in [-0.2, 0) is 6.18 Å². The summed E-state index contributed by atoms with van der Waals surface area (Å²) >= 11 is 1.39. The standard InChI is InChI=1S/C15H11F3S/c16-15(17,18)13-6-8-14(9-7-13)19-11-10-12-4-2-1-3-5-12/h1-11H/b11-10+. The lowest BCUT2D eigenvalue weighted by Crippen LogP contribution is -2.03. The fourth-order valence-corrected chi connectivity index (χ4v) is 2.15. The normalized spacial score (nSPS) is 11.9. The number of hydrogen-bond acceptors (Lipinski definition) is 1. The third kappa shape index (κ3) is 4.17. The Morgan fingerprint density at radius 2 is 1.47 bits per heavy atom. The third-order valence-electron chi connectivity index (χ3n) is 2.45. The summed E-state index contributed by atoms with van der Waals surface area (Å²) in [5.41, 5.74) is 0.436. The van der Waals surface area contributed by atoms with Crippen molar-refractivity contribution in [2.45, 2.75) is 11.1 Å². The molecule has 4 heteroatoms. The SMILES string of the molecule is FC(F)(F)c1ccc(S/C=C/c2ccccc2)cc1. The van der Waals surface area contributed by atoms with Gasteiger partial charge in [0.05, 0.1) is 5.56 Å². The van der Waals surface area contributed by atoms with Crippen LogP contribution in [0, 0.1) is 0 Å². The lowest BCUT2D eigenvalue weighted by atomic mass is 10.2. The lowest BCUT2D eigenvalue weighted by Gasteiger charge is -2.06. The van der Waals surface area contributed by atoms with Crippen LogP contribution in [0.4, 0.5) is 13.2 Å². The summed E-state index contributed by atoms with van der Waals surface area (Å²) in [6.07, 6.45) is -2.36. The molecule has 0 amide bonds. The molecule has 0 atom stereocenters. The van der Waals surface area contributed by atoms with E-state index in [1.165, 1.54) is 23.9 Å². The van der Waals surface area contributed by atoms with Crippen LogP contribution in [0.2, 0.25) is 0 Å². The number of thioether (sulfide) groups is 1. The molecule has 2 rings (SSSR count). The van der Waals surface area contributed by atoms with E-state index in [0.717, 1.165) is 22.6 Å². The largest absolute Gasteiger partial charge is 0.416 e. The fraction of sp³-hybridized carbons (Fsp3) is 0.0667. The summed E-state index contributed by atoms with van der Waals surface area (Å²) in [6, 6.07) is 14.9. The van der Waals surface area contributed by atoms with Crippen LogP contribution >= 0.6 is 11.8 Å². The third-order valence-corrected chi connectivity index (χ3v) is 3.26. The first-order chi connectivity index (χ1) is 9.05. The van der Waals surface area contributed by atoms with E-state index in [2.05, 4.69) is 0 Å². The molecule has 0 aliphatic carbocycles. The molecular weight excluding hydrogens is 269 g/mol. The summed E-state index contributed by atoms with van der Waals surface area (Å²) in [5.74, 6) is 0. The second-order valence-corrected chi connectivity index (χ2v) is 4.83. The smallest absolute Gasteiger partial charge is 0.166 e. The minimum Gasteiger partial charge on any atom is -0.166 e. The highest BCUT2D eigenvalue weighted by atomic mass is 32.2. The van der Waals surface area contributed by atoms with Crippen molar-refractivity contribution in [3.8, 4) is 0 Å². The van der Waals surface area contributed by atoms with Crippen molar-refractivity contribution in [2.75, 3.05) is 0 Å². The Hall–Kier alpha value is -1.68. The van der Waals surface area contributed by atoms with Crippen molar-refractivity contribution in [3.05, 3.63) is 71.1 Å². The van der Waals surface area contributed by atoms with Gasteiger partial charge < -0.3 is 0 Å². The molecule has 2 aromatic rings. The highest BCUT2D eigenvalue weighted by molar-refractivity contribution is 8.02. The number of hydrogen-bond donors (Lipinski definition) is 0. The van der Waals surface area contributed by atoms with Gasteiger partial charge in [0.15, 0.2) is 0 Å². The molecule has 0 radical (unpaired) electrons. The molecule has 0 spiro atoms. The topological polar surface area (TPSA) is 0 Å². The number of alkyl halides is 3. The number of benzene rings is 2. The minimum absolute atomic E-state index is 0.621. The van der Waals surface area contributed by atoms with Gasteiger partial charge in [-0.1, -0.05) is 42.1 Å². The average molecular weight is 280 g/mol. The zero-order valence-electron chi connectivity index (χ0n) is 9.89. The van der Waals surface area contributed by atoms with Crippen molar-refractivity contribution in [1.29, 1.82) is 0 Å². The van der Waals surface area contributed by atoms with Gasteiger partial charge in [-0.05, 0) is 41.3 Å². The van der Waals surface area contributed by atoms with E-state index in [1.54, 1.807) is 0 Å². The van der Waals surface area contributed by atoms with Gasteiger partial charge in [0.2, 0.25) is 0 Å². The molecule has 0 unspecified atom stereocenters. The first kappa shape index (κ1) is 13.7. The van der Waals surface area contributed by atoms with Crippen LogP contribution in [0.1, 0.15) is 11.1 Å². The fourth-order valence-electron chi connectivity index (χ4n) is 1.48. The summed E-state index contributed by atoms with van der Waals surface area (Å²) in [6.45, 7) is 0. The Labute approximate surface area is 114 Å². The summed E-state index contributed by atoms with van der Waals surface area (Å²) < 4.78 is 37.1. The number of halogens is 3.